The molecule has 1 aromatic rings. The molecule has 1 fully saturated rings. The number of pyridine rings is 1. The monoisotopic (exact) mass is 320 g/mol. The fourth-order valence-corrected chi connectivity index (χ4v) is 2.31. The predicted molar refractivity (Wildman–Crippen MR) is 87.2 cm³/mol. The maximum absolute atomic E-state index is 12.0. The zero-order chi connectivity index (χ0) is 16.9. The molecule has 126 valence electrons. The van der Waals surface area contributed by atoms with E-state index in [9.17, 15) is 9.59 Å². The molecule has 2 heterocycles. The highest BCUT2D eigenvalue weighted by Gasteiger charge is 2.27. The summed E-state index contributed by atoms with van der Waals surface area (Å²) in [5.74, 6) is 0.510. The number of rotatable bonds is 2. The van der Waals surface area contributed by atoms with Gasteiger partial charge in [0.2, 0.25) is 0 Å². The van der Waals surface area contributed by atoms with E-state index in [1.54, 1.807) is 23.2 Å². The van der Waals surface area contributed by atoms with Gasteiger partial charge < -0.3 is 15.0 Å². The smallest absolute Gasteiger partial charge is 0.410 e. The summed E-state index contributed by atoms with van der Waals surface area (Å²) in [5, 5.41) is 5.59. The fraction of sp³-hybridized carbons (Fsp3) is 0.562. The summed E-state index contributed by atoms with van der Waals surface area (Å²) in [5.41, 5.74) is -0.491. The summed E-state index contributed by atoms with van der Waals surface area (Å²) in [6.07, 6.45) is 2.73. The molecule has 3 amide bonds. The van der Waals surface area contributed by atoms with Crippen LogP contribution in [-0.4, -0.2) is 46.7 Å². The minimum atomic E-state index is -0.491. The number of urea groups is 1. The number of hydrogen-bond donors (Lipinski definition) is 2. The maximum atomic E-state index is 12.0. The van der Waals surface area contributed by atoms with E-state index in [4.69, 9.17) is 4.74 Å². The van der Waals surface area contributed by atoms with Crippen LogP contribution < -0.4 is 10.6 Å². The molecule has 0 bridgehead atoms. The second kappa shape index (κ2) is 7.30. The van der Waals surface area contributed by atoms with Crippen LogP contribution >= 0.6 is 0 Å². The average Bonchev–Trinajstić information content (AvgIpc) is 2.47. The first-order valence-corrected chi connectivity index (χ1v) is 7.80. The van der Waals surface area contributed by atoms with Crippen molar-refractivity contribution in [1.82, 2.24) is 15.2 Å². The number of piperidine rings is 1. The molecule has 2 rings (SSSR count). The van der Waals surface area contributed by atoms with Gasteiger partial charge in [-0.15, -0.1) is 0 Å². The van der Waals surface area contributed by atoms with Gasteiger partial charge >= 0.3 is 12.1 Å². The van der Waals surface area contributed by atoms with E-state index in [1.165, 1.54) is 0 Å². The lowest BCUT2D eigenvalue weighted by atomic mass is 10.1. The summed E-state index contributed by atoms with van der Waals surface area (Å²) in [4.78, 5) is 29.6. The first-order chi connectivity index (χ1) is 10.8. The molecule has 0 aliphatic carbocycles. The lowest BCUT2D eigenvalue weighted by molar-refractivity contribution is 0.0202. The fourth-order valence-electron chi connectivity index (χ4n) is 2.31. The largest absolute Gasteiger partial charge is 0.444 e. The van der Waals surface area contributed by atoms with Gasteiger partial charge in [0.25, 0.3) is 0 Å². The van der Waals surface area contributed by atoms with Crippen LogP contribution in [0.4, 0.5) is 15.4 Å². The van der Waals surface area contributed by atoms with Crippen molar-refractivity contribution in [2.75, 3.05) is 18.4 Å². The normalized spacial score (nSPS) is 15.9. The highest BCUT2D eigenvalue weighted by Crippen LogP contribution is 2.15. The SMILES string of the molecule is CC(C)(C)OC(=O)N1CCC(NC(=O)Nc2ccccn2)CC1. The Morgan fingerprint density at radius 3 is 2.52 bits per heavy atom. The molecule has 1 aromatic heterocycles. The van der Waals surface area contributed by atoms with Crippen LogP contribution in [0, 0.1) is 0 Å². The zero-order valence-electron chi connectivity index (χ0n) is 13.8. The molecule has 23 heavy (non-hydrogen) atoms. The molecular weight excluding hydrogens is 296 g/mol. The number of nitrogens with one attached hydrogen (secondary N) is 2. The first kappa shape index (κ1) is 17.1. The summed E-state index contributed by atoms with van der Waals surface area (Å²) in [6.45, 7) is 6.69. The molecule has 1 saturated heterocycles. The van der Waals surface area contributed by atoms with Crippen molar-refractivity contribution in [1.29, 1.82) is 0 Å². The molecule has 0 aromatic carbocycles. The van der Waals surface area contributed by atoms with E-state index in [0.717, 1.165) is 0 Å². The third-order valence-corrected chi connectivity index (χ3v) is 3.39. The van der Waals surface area contributed by atoms with Crippen LogP contribution in [0.25, 0.3) is 0 Å². The predicted octanol–water partition coefficient (Wildman–Crippen LogP) is 2.60. The number of ether oxygens (including phenoxy) is 1. The topological polar surface area (TPSA) is 83.6 Å². The highest BCUT2D eigenvalue weighted by atomic mass is 16.6. The lowest BCUT2D eigenvalue weighted by Crippen LogP contribution is -2.48. The zero-order valence-corrected chi connectivity index (χ0v) is 13.8. The van der Waals surface area contributed by atoms with Crippen molar-refractivity contribution in [3.63, 3.8) is 0 Å². The van der Waals surface area contributed by atoms with Crippen molar-refractivity contribution < 1.29 is 14.3 Å². The van der Waals surface area contributed by atoms with Gasteiger partial charge in [-0.3, -0.25) is 5.32 Å². The van der Waals surface area contributed by atoms with E-state index in [2.05, 4.69) is 15.6 Å². The van der Waals surface area contributed by atoms with Gasteiger partial charge in [0.1, 0.15) is 11.4 Å². The summed E-state index contributed by atoms with van der Waals surface area (Å²) in [7, 11) is 0. The Bertz CT molecular complexity index is 534. The number of carbonyl (C=O) groups excluding carboxylic acids is 2. The highest BCUT2D eigenvalue weighted by molar-refractivity contribution is 5.88. The van der Waals surface area contributed by atoms with Gasteiger partial charge in [-0.2, -0.15) is 0 Å². The first-order valence-electron chi connectivity index (χ1n) is 7.80. The van der Waals surface area contributed by atoms with E-state index >= 15 is 0 Å². The average molecular weight is 320 g/mol. The van der Waals surface area contributed by atoms with Crippen LogP contribution in [0.1, 0.15) is 33.6 Å². The molecule has 0 spiro atoms. The Kier molecular flexibility index (Phi) is 5.41. The minimum Gasteiger partial charge on any atom is -0.444 e. The van der Waals surface area contributed by atoms with E-state index in [0.29, 0.717) is 31.7 Å². The van der Waals surface area contributed by atoms with E-state index in [-0.39, 0.29) is 18.2 Å². The molecule has 7 nitrogen and oxygen atoms in total. The van der Waals surface area contributed by atoms with Gasteiger partial charge in [-0.25, -0.2) is 14.6 Å². The Morgan fingerprint density at radius 2 is 1.96 bits per heavy atom. The van der Waals surface area contributed by atoms with E-state index in [1.807, 2.05) is 26.8 Å². The Balaban J connectivity index is 1.74. The van der Waals surface area contributed by atoms with Crippen LogP contribution in [0.15, 0.2) is 24.4 Å². The third kappa shape index (κ3) is 5.77. The third-order valence-electron chi connectivity index (χ3n) is 3.39. The van der Waals surface area contributed by atoms with Crippen LogP contribution in [-0.2, 0) is 4.74 Å². The number of likely N-dealkylation sites (tertiary alicyclic amines) is 1. The number of aromatic nitrogens is 1. The van der Waals surface area contributed by atoms with Crippen molar-refractivity contribution in [2.24, 2.45) is 0 Å². The molecule has 7 heteroatoms. The van der Waals surface area contributed by atoms with Gasteiger partial charge in [-0.1, -0.05) is 6.07 Å². The molecule has 1 aliphatic rings. The Morgan fingerprint density at radius 1 is 1.26 bits per heavy atom. The van der Waals surface area contributed by atoms with Crippen molar-refractivity contribution >= 4 is 17.9 Å². The maximum Gasteiger partial charge on any atom is 0.410 e. The number of carbonyl (C=O) groups is 2. The number of anilines is 1. The van der Waals surface area contributed by atoms with Crippen LogP contribution in [0.2, 0.25) is 0 Å². The molecule has 1 aliphatic heterocycles. The van der Waals surface area contributed by atoms with Crippen molar-refractivity contribution in [2.45, 2.75) is 45.3 Å². The Labute approximate surface area is 136 Å². The minimum absolute atomic E-state index is 0.0393. The van der Waals surface area contributed by atoms with Gasteiger partial charge in [0.15, 0.2) is 0 Å². The molecular formula is C16H24N4O3. The standard InChI is InChI=1S/C16H24N4O3/c1-16(2,3)23-15(22)20-10-7-12(8-11-20)18-14(21)19-13-6-4-5-9-17-13/h4-6,9,12H,7-8,10-11H2,1-3H3,(H2,17,18,19,21). The molecule has 0 saturated carbocycles. The second-order valence-electron chi connectivity index (χ2n) is 6.56. The number of nitrogens with zero attached hydrogens (tertiary/aromatic N) is 2. The van der Waals surface area contributed by atoms with Gasteiger partial charge in [0, 0.05) is 25.3 Å². The van der Waals surface area contributed by atoms with E-state index < -0.39 is 5.60 Å². The van der Waals surface area contributed by atoms with Gasteiger partial charge in [-0.05, 0) is 45.7 Å². The number of amides is 3. The molecule has 2 N–H and O–H groups in total. The quantitative estimate of drug-likeness (QED) is 0.877. The summed E-state index contributed by atoms with van der Waals surface area (Å²) >= 11 is 0. The summed E-state index contributed by atoms with van der Waals surface area (Å²) < 4.78 is 5.35. The van der Waals surface area contributed by atoms with Crippen LogP contribution in [0.5, 0.6) is 0 Å². The van der Waals surface area contributed by atoms with Gasteiger partial charge in [0.05, 0.1) is 0 Å². The summed E-state index contributed by atoms with van der Waals surface area (Å²) in [6, 6.07) is 5.08. The Hall–Kier alpha value is -2.31. The lowest BCUT2D eigenvalue weighted by Gasteiger charge is -2.33. The van der Waals surface area contributed by atoms with Crippen molar-refractivity contribution in [3.8, 4) is 0 Å². The second-order valence-corrected chi connectivity index (χ2v) is 6.56. The molecule has 0 atom stereocenters. The number of hydrogen-bond acceptors (Lipinski definition) is 4. The van der Waals surface area contributed by atoms with Crippen molar-refractivity contribution in [3.05, 3.63) is 24.4 Å². The van der Waals surface area contributed by atoms with Crippen LogP contribution in [0.3, 0.4) is 0 Å². The molecule has 0 radical (unpaired) electrons. The molecule has 0 unspecified atom stereocenters.